The first kappa shape index (κ1) is 23.3. The first-order valence-electron chi connectivity index (χ1n) is 11.1. The highest BCUT2D eigenvalue weighted by Gasteiger charge is 2.25. The molecule has 4 rings (SSSR count). The summed E-state index contributed by atoms with van der Waals surface area (Å²) < 4.78 is 11.5. The summed E-state index contributed by atoms with van der Waals surface area (Å²) in [4.78, 5) is 38.7. The maximum Gasteiger partial charge on any atom is 0.347 e. The van der Waals surface area contributed by atoms with Gasteiger partial charge in [0.25, 0.3) is 0 Å². The minimum Gasteiger partial charge on any atom is -0.406 e. The number of aryl methyl sites for hydroxylation is 1. The molecule has 8 heteroatoms. The van der Waals surface area contributed by atoms with E-state index in [1.54, 1.807) is 18.5 Å². The molecule has 0 saturated heterocycles. The van der Waals surface area contributed by atoms with Gasteiger partial charge in [0.1, 0.15) is 18.8 Å². The van der Waals surface area contributed by atoms with E-state index in [1.807, 2.05) is 69.3 Å². The summed E-state index contributed by atoms with van der Waals surface area (Å²) in [7, 11) is 0. The number of aromatic nitrogens is 3. The molecule has 34 heavy (non-hydrogen) atoms. The highest BCUT2D eigenvalue weighted by molar-refractivity contribution is 5.81. The minimum absolute atomic E-state index is 0.0794. The second kappa shape index (κ2) is 10.4. The number of rotatable bonds is 8. The SMILES string of the molecule is Cc1cccc2nc([C@@H](NC(=O)COC(c3ccccn3)c3ccccn3)C(C)C)oc(=O)c12. The van der Waals surface area contributed by atoms with E-state index < -0.39 is 17.8 Å². The number of hydrogen-bond acceptors (Lipinski definition) is 7. The number of nitrogens with one attached hydrogen (secondary N) is 1. The molecule has 174 valence electrons. The van der Waals surface area contributed by atoms with Gasteiger partial charge < -0.3 is 14.5 Å². The molecular weight excluding hydrogens is 432 g/mol. The van der Waals surface area contributed by atoms with Gasteiger partial charge in [0.2, 0.25) is 11.8 Å². The molecule has 3 heterocycles. The van der Waals surface area contributed by atoms with Crippen molar-refractivity contribution in [1.29, 1.82) is 0 Å². The molecule has 0 spiro atoms. The van der Waals surface area contributed by atoms with Crippen LogP contribution in [-0.2, 0) is 9.53 Å². The van der Waals surface area contributed by atoms with Crippen molar-refractivity contribution in [1.82, 2.24) is 20.3 Å². The fraction of sp³-hybridized carbons (Fsp3) is 0.269. The normalized spacial score (nSPS) is 12.3. The smallest absolute Gasteiger partial charge is 0.347 e. The summed E-state index contributed by atoms with van der Waals surface area (Å²) in [5.41, 5.74) is 2.14. The highest BCUT2D eigenvalue weighted by atomic mass is 16.5. The number of pyridine rings is 2. The number of fused-ring (bicyclic) bond motifs is 1. The molecule has 0 saturated carbocycles. The van der Waals surface area contributed by atoms with Gasteiger partial charge in [-0.3, -0.25) is 14.8 Å². The fourth-order valence-corrected chi connectivity index (χ4v) is 3.70. The zero-order chi connectivity index (χ0) is 24.1. The van der Waals surface area contributed by atoms with Gasteiger partial charge in [0, 0.05) is 12.4 Å². The second-order valence-electron chi connectivity index (χ2n) is 8.30. The van der Waals surface area contributed by atoms with Crippen LogP contribution in [0, 0.1) is 12.8 Å². The number of benzene rings is 1. The Hall–Kier alpha value is -3.91. The third kappa shape index (κ3) is 5.18. The van der Waals surface area contributed by atoms with Crippen molar-refractivity contribution < 1.29 is 13.9 Å². The molecule has 0 aliphatic heterocycles. The monoisotopic (exact) mass is 458 g/mol. The molecule has 0 aliphatic rings. The van der Waals surface area contributed by atoms with E-state index in [4.69, 9.17) is 9.15 Å². The van der Waals surface area contributed by atoms with Crippen LogP contribution in [0.25, 0.3) is 10.9 Å². The summed E-state index contributed by atoms with van der Waals surface area (Å²) >= 11 is 0. The van der Waals surface area contributed by atoms with Crippen molar-refractivity contribution >= 4 is 16.8 Å². The third-order valence-electron chi connectivity index (χ3n) is 5.43. The average molecular weight is 459 g/mol. The molecule has 1 amide bonds. The summed E-state index contributed by atoms with van der Waals surface area (Å²) in [6.07, 6.45) is 2.72. The Balaban J connectivity index is 1.53. The summed E-state index contributed by atoms with van der Waals surface area (Å²) in [6.45, 7) is 5.42. The Labute approximate surface area is 197 Å². The number of carbonyl (C=O) groups is 1. The molecular formula is C26H26N4O4. The summed E-state index contributed by atoms with van der Waals surface area (Å²) in [5.74, 6) is -0.286. The van der Waals surface area contributed by atoms with E-state index in [0.717, 1.165) is 5.56 Å². The quantitative estimate of drug-likeness (QED) is 0.427. The lowest BCUT2D eigenvalue weighted by molar-refractivity contribution is -0.128. The van der Waals surface area contributed by atoms with E-state index in [9.17, 15) is 9.59 Å². The van der Waals surface area contributed by atoms with Gasteiger partial charge >= 0.3 is 5.63 Å². The predicted molar refractivity (Wildman–Crippen MR) is 127 cm³/mol. The number of hydrogen-bond donors (Lipinski definition) is 1. The van der Waals surface area contributed by atoms with E-state index in [0.29, 0.717) is 22.3 Å². The Morgan fingerprint density at radius 3 is 2.26 bits per heavy atom. The molecule has 1 aromatic carbocycles. The fourth-order valence-electron chi connectivity index (χ4n) is 3.70. The zero-order valence-corrected chi connectivity index (χ0v) is 19.3. The van der Waals surface area contributed by atoms with Crippen LogP contribution in [0.5, 0.6) is 0 Å². The Morgan fingerprint density at radius 2 is 1.68 bits per heavy atom. The maximum absolute atomic E-state index is 12.9. The molecule has 8 nitrogen and oxygen atoms in total. The molecule has 1 N–H and O–H groups in total. The zero-order valence-electron chi connectivity index (χ0n) is 19.3. The molecule has 1 atom stereocenters. The first-order valence-corrected chi connectivity index (χ1v) is 11.1. The van der Waals surface area contributed by atoms with Gasteiger partial charge in [-0.05, 0) is 48.7 Å². The molecule has 0 fully saturated rings. The Kier molecular flexibility index (Phi) is 7.08. The molecule has 0 aliphatic carbocycles. The highest BCUT2D eigenvalue weighted by Crippen LogP contribution is 2.24. The van der Waals surface area contributed by atoms with Crippen LogP contribution in [0.2, 0.25) is 0 Å². The standard InChI is InChI=1S/C26H26N4O4/c1-16(2)23(25-29-18-12-8-9-17(3)22(18)26(32)34-25)30-21(31)15-33-24(19-10-4-6-13-27-19)20-11-5-7-14-28-20/h4-14,16,23-24H,15H2,1-3H3,(H,30,31)/t23-/m0/s1. The Morgan fingerprint density at radius 1 is 1.00 bits per heavy atom. The number of nitrogens with zero attached hydrogens (tertiary/aromatic N) is 3. The van der Waals surface area contributed by atoms with Crippen LogP contribution < -0.4 is 10.9 Å². The number of ether oxygens (including phenoxy) is 1. The molecule has 0 unspecified atom stereocenters. The Bertz CT molecular complexity index is 1280. The minimum atomic E-state index is -0.606. The van der Waals surface area contributed by atoms with Gasteiger partial charge in [0.05, 0.1) is 22.3 Å². The van der Waals surface area contributed by atoms with Crippen molar-refractivity contribution in [2.45, 2.75) is 32.9 Å². The van der Waals surface area contributed by atoms with E-state index in [-0.39, 0.29) is 24.3 Å². The van der Waals surface area contributed by atoms with Crippen molar-refractivity contribution in [2.24, 2.45) is 5.92 Å². The molecule has 4 aromatic rings. The van der Waals surface area contributed by atoms with Crippen LogP contribution in [0.15, 0.2) is 76.2 Å². The molecule has 0 radical (unpaired) electrons. The van der Waals surface area contributed by atoms with Crippen LogP contribution in [0.1, 0.15) is 48.8 Å². The van der Waals surface area contributed by atoms with Crippen molar-refractivity contribution in [3.63, 3.8) is 0 Å². The molecule has 3 aromatic heterocycles. The van der Waals surface area contributed by atoms with E-state index >= 15 is 0 Å². The van der Waals surface area contributed by atoms with Crippen molar-refractivity contribution in [3.8, 4) is 0 Å². The third-order valence-corrected chi connectivity index (χ3v) is 5.43. The van der Waals surface area contributed by atoms with E-state index in [1.165, 1.54) is 0 Å². The summed E-state index contributed by atoms with van der Waals surface area (Å²) in [5, 5.41) is 3.34. The maximum atomic E-state index is 12.9. The molecule has 0 bridgehead atoms. The topological polar surface area (TPSA) is 107 Å². The lowest BCUT2D eigenvalue weighted by atomic mass is 10.0. The van der Waals surface area contributed by atoms with Crippen LogP contribution in [-0.4, -0.2) is 27.5 Å². The largest absolute Gasteiger partial charge is 0.406 e. The number of amides is 1. The van der Waals surface area contributed by atoms with Gasteiger partial charge in [-0.15, -0.1) is 0 Å². The lowest BCUT2D eigenvalue weighted by Crippen LogP contribution is -2.35. The second-order valence-corrected chi connectivity index (χ2v) is 8.30. The average Bonchev–Trinajstić information content (AvgIpc) is 2.83. The summed E-state index contributed by atoms with van der Waals surface area (Å²) in [6, 6.07) is 15.8. The van der Waals surface area contributed by atoms with Gasteiger partial charge in [0.15, 0.2) is 0 Å². The predicted octanol–water partition coefficient (Wildman–Crippen LogP) is 3.91. The van der Waals surface area contributed by atoms with Gasteiger partial charge in [-0.2, -0.15) is 0 Å². The first-order chi connectivity index (χ1) is 16.4. The van der Waals surface area contributed by atoms with Crippen LogP contribution in [0.3, 0.4) is 0 Å². The van der Waals surface area contributed by atoms with Crippen LogP contribution >= 0.6 is 0 Å². The number of carbonyl (C=O) groups excluding carboxylic acids is 1. The van der Waals surface area contributed by atoms with E-state index in [2.05, 4.69) is 20.3 Å². The van der Waals surface area contributed by atoms with Crippen molar-refractivity contribution in [2.75, 3.05) is 6.61 Å². The van der Waals surface area contributed by atoms with Gasteiger partial charge in [-0.1, -0.05) is 38.1 Å². The van der Waals surface area contributed by atoms with Crippen LogP contribution in [0.4, 0.5) is 0 Å². The van der Waals surface area contributed by atoms with Gasteiger partial charge in [-0.25, -0.2) is 9.78 Å². The lowest BCUT2D eigenvalue weighted by Gasteiger charge is -2.22. The van der Waals surface area contributed by atoms with Crippen molar-refractivity contribution in [3.05, 3.63) is 100 Å².